The van der Waals surface area contributed by atoms with E-state index < -0.39 is 0 Å². The molecule has 1 aliphatic rings. The molecule has 0 aliphatic carbocycles. The van der Waals surface area contributed by atoms with Gasteiger partial charge < -0.3 is 28.7 Å². The van der Waals surface area contributed by atoms with E-state index in [4.69, 9.17) is 23.9 Å². The Bertz CT molecular complexity index is 1040. The van der Waals surface area contributed by atoms with E-state index in [1.807, 2.05) is 13.0 Å². The molecule has 1 N–H and O–H groups in total. The number of aromatic nitrogens is 2. The number of nitrogens with one attached hydrogen (secondary N) is 1. The van der Waals surface area contributed by atoms with Crippen LogP contribution in [-0.4, -0.2) is 56.1 Å². The smallest absolute Gasteiger partial charge is 0.161 e. The number of hydrogen-bond donors (Lipinski definition) is 1. The number of methoxy groups -OCH3 is 2. The Morgan fingerprint density at radius 1 is 0.909 bits per heavy atom. The molecule has 0 radical (unpaired) electrons. The fraction of sp³-hybridized carbons (Fsp3) is 0.500. The summed E-state index contributed by atoms with van der Waals surface area (Å²) in [7, 11) is 3.43. The third kappa shape index (κ3) is 5.06. The van der Waals surface area contributed by atoms with Crippen LogP contribution in [0, 0.1) is 13.8 Å². The molecule has 1 aliphatic heterocycles. The average molecular weight is 454 g/mol. The number of benzene rings is 1. The molecule has 0 amide bonds. The van der Waals surface area contributed by atoms with E-state index in [1.165, 1.54) is 0 Å². The highest BCUT2D eigenvalue weighted by Crippen LogP contribution is 2.44. The molecule has 0 saturated heterocycles. The van der Waals surface area contributed by atoms with Crippen molar-refractivity contribution >= 4 is 11.3 Å². The van der Waals surface area contributed by atoms with Crippen molar-refractivity contribution in [3.8, 4) is 0 Å². The highest BCUT2D eigenvalue weighted by Gasteiger charge is 2.40. The van der Waals surface area contributed by atoms with Gasteiger partial charge in [-0.15, -0.1) is 0 Å². The summed E-state index contributed by atoms with van der Waals surface area (Å²) in [6, 6.07) is 12.5. The summed E-state index contributed by atoms with van der Waals surface area (Å²) < 4.78 is 25.6. The van der Waals surface area contributed by atoms with Crippen LogP contribution in [-0.2, 0) is 18.9 Å². The van der Waals surface area contributed by atoms with E-state index in [2.05, 4.69) is 53.2 Å². The molecule has 7 nitrogen and oxygen atoms in total. The van der Waals surface area contributed by atoms with Crippen molar-refractivity contribution in [1.82, 2.24) is 9.38 Å². The third-order valence-corrected chi connectivity index (χ3v) is 6.29. The second kappa shape index (κ2) is 11.1. The SMILES string of the molecule is COCCCO[C@@H]1[C@@H](c2ccccc2)Nc2c(ccn3c(C)c(C)nc23)[C@H]1OCCCOC. The topological polar surface area (TPSA) is 66.3 Å². The Morgan fingerprint density at radius 3 is 2.30 bits per heavy atom. The lowest BCUT2D eigenvalue weighted by Crippen LogP contribution is -2.40. The first-order chi connectivity index (χ1) is 16.2. The molecular weight excluding hydrogens is 418 g/mol. The van der Waals surface area contributed by atoms with Crippen LogP contribution in [0.2, 0.25) is 0 Å². The maximum Gasteiger partial charge on any atom is 0.161 e. The molecule has 33 heavy (non-hydrogen) atoms. The van der Waals surface area contributed by atoms with Gasteiger partial charge in [0.15, 0.2) is 5.65 Å². The fourth-order valence-electron chi connectivity index (χ4n) is 4.47. The number of pyridine rings is 1. The third-order valence-electron chi connectivity index (χ3n) is 6.29. The Balaban J connectivity index is 1.75. The lowest BCUT2D eigenvalue weighted by Gasteiger charge is -2.40. The summed E-state index contributed by atoms with van der Waals surface area (Å²) in [5.41, 5.74) is 6.34. The molecule has 4 rings (SSSR count). The molecule has 0 bridgehead atoms. The van der Waals surface area contributed by atoms with Crippen LogP contribution in [0.3, 0.4) is 0 Å². The van der Waals surface area contributed by atoms with Gasteiger partial charge in [-0.25, -0.2) is 4.98 Å². The van der Waals surface area contributed by atoms with Crippen LogP contribution in [0.25, 0.3) is 5.65 Å². The summed E-state index contributed by atoms with van der Waals surface area (Å²) >= 11 is 0. The lowest BCUT2D eigenvalue weighted by atomic mass is 9.88. The van der Waals surface area contributed by atoms with Crippen molar-refractivity contribution in [3.05, 3.63) is 65.1 Å². The van der Waals surface area contributed by atoms with Crippen LogP contribution in [0.15, 0.2) is 42.6 Å². The number of imidazole rings is 1. The zero-order valence-electron chi connectivity index (χ0n) is 20.0. The summed E-state index contributed by atoms with van der Waals surface area (Å²) in [5, 5.41) is 3.78. The molecule has 1 aromatic carbocycles. The molecule has 3 atom stereocenters. The van der Waals surface area contributed by atoms with Gasteiger partial charge >= 0.3 is 0 Å². The predicted octanol–water partition coefficient (Wildman–Crippen LogP) is 4.63. The van der Waals surface area contributed by atoms with Gasteiger partial charge in [0.2, 0.25) is 0 Å². The summed E-state index contributed by atoms with van der Waals surface area (Å²) in [5.74, 6) is 0. The van der Waals surface area contributed by atoms with Crippen LogP contribution in [0.1, 0.15) is 47.5 Å². The lowest BCUT2D eigenvalue weighted by molar-refractivity contribution is -0.0915. The van der Waals surface area contributed by atoms with Crippen LogP contribution >= 0.6 is 0 Å². The van der Waals surface area contributed by atoms with E-state index >= 15 is 0 Å². The van der Waals surface area contributed by atoms with Crippen LogP contribution in [0.5, 0.6) is 0 Å². The first-order valence-electron chi connectivity index (χ1n) is 11.7. The van der Waals surface area contributed by atoms with Crippen LogP contribution in [0.4, 0.5) is 5.69 Å². The second-order valence-electron chi connectivity index (χ2n) is 8.47. The van der Waals surface area contributed by atoms with Gasteiger partial charge in [-0.3, -0.25) is 0 Å². The van der Waals surface area contributed by atoms with Gasteiger partial charge in [-0.1, -0.05) is 30.3 Å². The van der Waals surface area contributed by atoms with E-state index in [-0.39, 0.29) is 18.2 Å². The van der Waals surface area contributed by atoms with Crippen molar-refractivity contribution in [2.24, 2.45) is 0 Å². The Morgan fingerprint density at radius 2 is 1.61 bits per heavy atom. The zero-order valence-corrected chi connectivity index (χ0v) is 20.0. The molecule has 0 unspecified atom stereocenters. The maximum absolute atomic E-state index is 6.51. The minimum Gasteiger partial charge on any atom is -0.385 e. The molecule has 0 fully saturated rings. The molecular formula is C26H35N3O4. The van der Waals surface area contributed by atoms with Gasteiger partial charge in [0.1, 0.15) is 12.2 Å². The first kappa shape index (κ1) is 23.7. The Hall–Kier alpha value is -2.45. The van der Waals surface area contributed by atoms with E-state index in [0.29, 0.717) is 26.4 Å². The normalized spacial score (nSPS) is 20.1. The summed E-state index contributed by atoms with van der Waals surface area (Å²) in [6.07, 6.45) is 3.32. The van der Waals surface area contributed by atoms with Crippen molar-refractivity contribution < 1.29 is 18.9 Å². The molecule has 3 aromatic rings. The molecule has 3 heterocycles. The number of anilines is 1. The minimum absolute atomic E-state index is 0.0721. The minimum atomic E-state index is -0.229. The van der Waals surface area contributed by atoms with Gasteiger partial charge in [-0.05, 0) is 38.3 Å². The number of nitrogens with zero attached hydrogens (tertiary/aromatic N) is 2. The summed E-state index contributed by atoms with van der Waals surface area (Å²) in [4.78, 5) is 4.88. The van der Waals surface area contributed by atoms with E-state index in [1.54, 1.807) is 14.2 Å². The molecule has 2 aromatic heterocycles. The van der Waals surface area contributed by atoms with Crippen molar-refractivity contribution in [2.75, 3.05) is 46.0 Å². The van der Waals surface area contributed by atoms with Crippen molar-refractivity contribution in [2.45, 2.75) is 44.9 Å². The highest BCUT2D eigenvalue weighted by atomic mass is 16.5. The number of ether oxygens (including phenoxy) is 4. The fourth-order valence-corrected chi connectivity index (χ4v) is 4.47. The molecule has 7 heteroatoms. The first-order valence-corrected chi connectivity index (χ1v) is 11.7. The van der Waals surface area contributed by atoms with Crippen LogP contribution < -0.4 is 5.32 Å². The summed E-state index contributed by atoms with van der Waals surface area (Å²) in [6.45, 7) is 6.67. The molecule has 0 spiro atoms. The maximum atomic E-state index is 6.51. The van der Waals surface area contributed by atoms with Gasteiger partial charge in [0.05, 0.1) is 17.4 Å². The zero-order chi connectivity index (χ0) is 23.2. The van der Waals surface area contributed by atoms with Gasteiger partial charge in [-0.2, -0.15) is 0 Å². The van der Waals surface area contributed by atoms with Crippen molar-refractivity contribution in [3.63, 3.8) is 0 Å². The van der Waals surface area contributed by atoms with Crippen molar-refractivity contribution in [1.29, 1.82) is 0 Å². The quantitative estimate of drug-likeness (QED) is 0.427. The average Bonchev–Trinajstić information content (AvgIpc) is 3.14. The van der Waals surface area contributed by atoms with Gasteiger partial charge in [0, 0.05) is 58.1 Å². The standard InChI is InChI=1S/C26H35N3O4/c1-18-19(2)29-13-12-21-23(26(29)27-18)28-22(20-10-6-5-7-11-20)25(33-17-9-15-31-4)24(21)32-16-8-14-30-3/h5-7,10-13,22,24-25,28H,8-9,14-17H2,1-4H3/t22-,24-,25-/m1/s1. The van der Waals surface area contributed by atoms with Gasteiger partial charge in [0.25, 0.3) is 0 Å². The molecule has 178 valence electrons. The Kier molecular flexibility index (Phi) is 7.98. The van der Waals surface area contributed by atoms with E-state index in [9.17, 15) is 0 Å². The highest BCUT2D eigenvalue weighted by molar-refractivity contribution is 5.75. The van der Waals surface area contributed by atoms with E-state index in [0.717, 1.165) is 46.7 Å². The predicted molar refractivity (Wildman–Crippen MR) is 129 cm³/mol. The Labute approximate surface area is 196 Å². The number of aryl methyl sites for hydroxylation is 2. The number of hydrogen-bond acceptors (Lipinski definition) is 6. The number of rotatable bonds is 11. The monoisotopic (exact) mass is 453 g/mol. The largest absolute Gasteiger partial charge is 0.385 e. The molecule has 0 saturated carbocycles. The number of fused-ring (bicyclic) bond motifs is 3. The second-order valence-corrected chi connectivity index (χ2v) is 8.47.